The molecule has 7 nitrogen and oxygen atoms in total. The quantitative estimate of drug-likeness (QED) is 0.430. The summed E-state index contributed by atoms with van der Waals surface area (Å²) < 4.78 is 8.22. The van der Waals surface area contributed by atoms with E-state index in [9.17, 15) is 4.79 Å². The van der Waals surface area contributed by atoms with E-state index in [-0.39, 0.29) is 12.3 Å². The topological polar surface area (TPSA) is 95.1 Å². The number of aromatic nitrogens is 3. The Balaban J connectivity index is 1.38. The number of ether oxygens (including phenoxy) is 1. The van der Waals surface area contributed by atoms with Crippen molar-refractivity contribution in [2.45, 2.75) is 25.7 Å². The van der Waals surface area contributed by atoms with Crippen molar-refractivity contribution < 1.29 is 9.53 Å². The van der Waals surface area contributed by atoms with Crippen LogP contribution in [0.25, 0.3) is 16.7 Å². The molecular weight excluding hydrogens is 470 g/mol. The van der Waals surface area contributed by atoms with Gasteiger partial charge in [0.25, 0.3) is 0 Å². The van der Waals surface area contributed by atoms with Gasteiger partial charge < -0.3 is 20.4 Å². The number of benzene rings is 2. The van der Waals surface area contributed by atoms with Crippen LogP contribution in [-0.2, 0) is 24.1 Å². The number of carbonyl (C=O) groups is 1. The van der Waals surface area contributed by atoms with E-state index in [4.69, 9.17) is 10.5 Å². The lowest BCUT2D eigenvalue weighted by Gasteiger charge is -2.12. The molecule has 5 rings (SSSR count). The lowest BCUT2D eigenvalue weighted by molar-refractivity contribution is -0.115. The molecule has 0 spiro atoms. The summed E-state index contributed by atoms with van der Waals surface area (Å²) in [6, 6.07) is 13.4. The molecule has 1 amide bonds. The normalized spacial score (nSPS) is 12.7. The summed E-state index contributed by atoms with van der Waals surface area (Å²) >= 11 is 3.46. The second-order valence-electron chi connectivity index (χ2n) is 7.81. The van der Waals surface area contributed by atoms with Gasteiger partial charge in [0.05, 0.1) is 23.5 Å². The SMILES string of the molecule is COc1ccc(CC(=O)Nc2ccc(-n3c4c(c5ncnc(N)c53)CCC4)cc2)cc1Br. The van der Waals surface area contributed by atoms with Gasteiger partial charge in [0.15, 0.2) is 5.82 Å². The molecule has 0 radical (unpaired) electrons. The van der Waals surface area contributed by atoms with Crippen LogP contribution in [0.3, 0.4) is 0 Å². The molecule has 0 saturated heterocycles. The maximum absolute atomic E-state index is 12.5. The third-order valence-electron chi connectivity index (χ3n) is 5.81. The van der Waals surface area contributed by atoms with Gasteiger partial charge in [0, 0.05) is 17.1 Å². The number of amides is 1. The van der Waals surface area contributed by atoms with Crippen molar-refractivity contribution in [3.63, 3.8) is 0 Å². The molecule has 0 unspecified atom stereocenters. The Kier molecular flexibility index (Phi) is 5.30. The summed E-state index contributed by atoms with van der Waals surface area (Å²) in [5.74, 6) is 1.13. The predicted octanol–water partition coefficient (Wildman–Crippen LogP) is 4.44. The van der Waals surface area contributed by atoms with Crippen molar-refractivity contribution in [3.05, 3.63) is 70.1 Å². The van der Waals surface area contributed by atoms with E-state index in [2.05, 4.69) is 35.8 Å². The smallest absolute Gasteiger partial charge is 0.228 e. The minimum absolute atomic E-state index is 0.0835. The molecule has 0 bridgehead atoms. The Hall–Kier alpha value is -3.39. The number of hydrogen-bond acceptors (Lipinski definition) is 5. The first-order valence-electron chi connectivity index (χ1n) is 10.4. The van der Waals surface area contributed by atoms with Gasteiger partial charge in [0.1, 0.15) is 17.6 Å². The fourth-order valence-electron chi connectivity index (χ4n) is 4.39. The van der Waals surface area contributed by atoms with Gasteiger partial charge in [-0.1, -0.05) is 6.07 Å². The van der Waals surface area contributed by atoms with Gasteiger partial charge in [-0.15, -0.1) is 0 Å². The molecular formula is C24H22BrN5O2. The van der Waals surface area contributed by atoms with Gasteiger partial charge in [-0.3, -0.25) is 4.79 Å². The fraction of sp³-hybridized carbons (Fsp3) is 0.208. The number of carbonyl (C=O) groups excluding carboxylic acids is 1. The van der Waals surface area contributed by atoms with Crippen molar-refractivity contribution in [3.8, 4) is 11.4 Å². The van der Waals surface area contributed by atoms with E-state index in [1.54, 1.807) is 7.11 Å². The number of halogens is 1. The molecule has 3 N–H and O–H groups in total. The number of rotatable bonds is 5. The van der Waals surface area contributed by atoms with E-state index in [1.807, 2.05) is 42.5 Å². The van der Waals surface area contributed by atoms with Crippen LogP contribution < -0.4 is 15.8 Å². The molecule has 2 aromatic carbocycles. The maximum Gasteiger partial charge on any atom is 0.228 e. The molecule has 162 valence electrons. The van der Waals surface area contributed by atoms with Crippen LogP contribution in [0.4, 0.5) is 11.5 Å². The Bertz CT molecular complexity index is 1330. The van der Waals surface area contributed by atoms with Crippen LogP contribution in [0, 0.1) is 0 Å². The van der Waals surface area contributed by atoms with Crippen LogP contribution in [0.5, 0.6) is 5.75 Å². The number of aryl methyl sites for hydroxylation is 1. The highest BCUT2D eigenvalue weighted by Gasteiger charge is 2.25. The van der Waals surface area contributed by atoms with Gasteiger partial charge in [0.2, 0.25) is 5.91 Å². The van der Waals surface area contributed by atoms with Crippen molar-refractivity contribution in [1.82, 2.24) is 14.5 Å². The maximum atomic E-state index is 12.5. The molecule has 4 aromatic rings. The number of anilines is 2. The highest BCUT2D eigenvalue weighted by Crippen LogP contribution is 2.36. The minimum Gasteiger partial charge on any atom is -0.496 e. The Morgan fingerprint density at radius 2 is 2.00 bits per heavy atom. The number of nitrogen functional groups attached to an aromatic ring is 1. The molecule has 2 aromatic heterocycles. The largest absolute Gasteiger partial charge is 0.496 e. The summed E-state index contributed by atoms with van der Waals surface area (Å²) in [4.78, 5) is 21.2. The van der Waals surface area contributed by atoms with Crippen LogP contribution >= 0.6 is 15.9 Å². The monoisotopic (exact) mass is 491 g/mol. The average Bonchev–Trinajstić information content (AvgIpc) is 3.36. The zero-order valence-electron chi connectivity index (χ0n) is 17.6. The first-order valence-corrected chi connectivity index (χ1v) is 11.2. The fourth-order valence-corrected chi connectivity index (χ4v) is 4.98. The van der Waals surface area contributed by atoms with E-state index in [1.165, 1.54) is 17.6 Å². The lowest BCUT2D eigenvalue weighted by atomic mass is 10.1. The van der Waals surface area contributed by atoms with E-state index < -0.39 is 0 Å². The van der Waals surface area contributed by atoms with Gasteiger partial charge >= 0.3 is 0 Å². The summed E-state index contributed by atoms with van der Waals surface area (Å²) in [5.41, 5.74) is 13.1. The minimum atomic E-state index is -0.0835. The third-order valence-corrected chi connectivity index (χ3v) is 6.43. The zero-order chi connectivity index (χ0) is 22.2. The standard InChI is InChI=1S/C24H22BrN5O2/c1-32-20-10-5-14(11-18(20)25)12-21(31)29-15-6-8-16(9-7-15)30-19-4-2-3-17(19)22-23(30)24(26)28-13-27-22/h5-11,13H,2-4,12H2,1H3,(H,29,31)(H2,26,27,28). The molecule has 1 aliphatic rings. The molecule has 32 heavy (non-hydrogen) atoms. The second-order valence-corrected chi connectivity index (χ2v) is 8.67. The number of nitrogens with one attached hydrogen (secondary N) is 1. The van der Waals surface area contributed by atoms with E-state index in [0.717, 1.165) is 57.5 Å². The first kappa shape index (κ1) is 20.5. The molecule has 0 fully saturated rings. The molecule has 2 heterocycles. The predicted molar refractivity (Wildman–Crippen MR) is 128 cm³/mol. The summed E-state index contributed by atoms with van der Waals surface area (Å²) in [6.45, 7) is 0. The highest BCUT2D eigenvalue weighted by molar-refractivity contribution is 9.10. The van der Waals surface area contributed by atoms with Crippen LogP contribution in [-0.4, -0.2) is 27.6 Å². The van der Waals surface area contributed by atoms with Gasteiger partial charge in [-0.25, -0.2) is 9.97 Å². The molecule has 0 aliphatic heterocycles. The highest BCUT2D eigenvalue weighted by atomic mass is 79.9. The van der Waals surface area contributed by atoms with Crippen molar-refractivity contribution in [2.24, 2.45) is 0 Å². The Labute approximate surface area is 193 Å². The number of fused-ring (bicyclic) bond motifs is 3. The number of nitrogens with two attached hydrogens (primary N) is 1. The van der Waals surface area contributed by atoms with Crippen LogP contribution in [0.15, 0.2) is 53.3 Å². The Morgan fingerprint density at radius 3 is 2.75 bits per heavy atom. The van der Waals surface area contributed by atoms with E-state index in [0.29, 0.717) is 5.82 Å². The molecule has 0 saturated carbocycles. The average molecular weight is 492 g/mol. The second kappa shape index (κ2) is 8.27. The van der Waals surface area contributed by atoms with Gasteiger partial charge in [-0.2, -0.15) is 0 Å². The number of nitrogens with zero attached hydrogens (tertiary/aromatic N) is 3. The summed E-state index contributed by atoms with van der Waals surface area (Å²) in [5, 5.41) is 2.97. The van der Waals surface area contributed by atoms with Gasteiger partial charge in [-0.05, 0) is 82.7 Å². The summed E-state index contributed by atoms with van der Waals surface area (Å²) in [6.07, 6.45) is 4.90. The molecule has 8 heteroatoms. The lowest BCUT2D eigenvalue weighted by Crippen LogP contribution is -2.14. The van der Waals surface area contributed by atoms with Crippen LogP contribution in [0.2, 0.25) is 0 Å². The molecule has 1 aliphatic carbocycles. The van der Waals surface area contributed by atoms with E-state index >= 15 is 0 Å². The molecule has 0 atom stereocenters. The van der Waals surface area contributed by atoms with Crippen LogP contribution in [0.1, 0.15) is 23.2 Å². The number of hydrogen-bond donors (Lipinski definition) is 2. The Morgan fingerprint density at radius 1 is 1.19 bits per heavy atom. The third kappa shape index (κ3) is 3.60. The number of methoxy groups -OCH3 is 1. The van der Waals surface area contributed by atoms with Crippen molar-refractivity contribution in [1.29, 1.82) is 0 Å². The van der Waals surface area contributed by atoms with Crippen molar-refractivity contribution in [2.75, 3.05) is 18.2 Å². The summed E-state index contributed by atoms with van der Waals surface area (Å²) in [7, 11) is 1.61. The first-order chi connectivity index (χ1) is 15.5. The van der Waals surface area contributed by atoms with Crippen molar-refractivity contribution >= 4 is 44.4 Å². The zero-order valence-corrected chi connectivity index (χ0v) is 19.1.